The summed E-state index contributed by atoms with van der Waals surface area (Å²) >= 11 is 1.49. The van der Waals surface area contributed by atoms with Gasteiger partial charge in [-0.05, 0) is 32.3 Å². The Bertz CT molecular complexity index is 878. The number of hydrogen-bond acceptors (Lipinski definition) is 6. The van der Waals surface area contributed by atoms with Crippen LogP contribution in [0.5, 0.6) is 0 Å². The zero-order valence-corrected chi connectivity index (χ0v) is 15.4. The molecule has 1 fully saturated rings. The van der Waals surface area contributed by atoms with E-state index in [1.807, 2.05) is 13.8 Å². The van der Waals surface area contributed by atoms with Crippen molar-refractivity contribution >= 4 is 33.4 Å². The smallest absolute Gasteiger partial charge is 0.308 e. The maximum atomic E-state index is 12.7. The Labute approximate surface area is 149 Å². The van der Waals surface area contributed by atoms with E-state index in [2.05, 4.69) is 4.98 Å². The van der Waals surface area contributed by atoms with Gasteiger partial charge in [-0.1, -0.05) is 0 Å². The van der Waals surface area contributed by atoms with E-state index in [1.165, 1.54) is 29.3 Å². The summed E-state index contributed by atoms with van der Waals surface area (Å²) in [5, 5.41) is 0.599. The standard InChI is InChI=1S/C17H21N3O4S/c1-10-11(2)25-15-14(10)16(22)20(9-18-15)8-13(21)19-6-4-12(5-7-19)17(23)24-3/h9,12H,4-8H2,1-3H3. The highest BCUT2D eigenvalue weighted by Gasteiger charge is 2.28. The van der Waals surface area contributed by atoms with Gasteiger partial charge in [-0.15, -0.1) is 11.3 Å². The number of likely N-dealkylation sites (tertiary alicyclic amines) is 1. The molecule has 1 amide bonds. The lowest BCUT2D eigenvalue weighted by molar-refractivity contribution is -0.149. The highest BCUT2D eigenvalue weighted by atomic mass is 32.1. The molecule has 0 N–H and O–H groups in total. The monoisotopic (exact) mass is 363 g/mol. The van der Waals surface area contributed by atoms with Gasteiger partial charge < -0.3 is 9.64 Å². The van der Waals surface area contributed by atoms with Gasteiger partial charge in [0, 0.05) is 18.0 Å². The lowest BCUT2D eigenvalue weighted by atomic mass is 9.97. The number of methoxy groups -OCH3 is 1. The van der Waals surface area contributed by atoms with E-state index in [-0.39, 0.29) is 29.9 Å². The van der Waals surface area contributed by atoms with E-state index in [1.54, 1.807) is 4.90 Å². The van der Waals surface area contributed by atoms with Crippen molar-refractivity contribution in [2.75, 3.05) is 20.2 Å². The Balaban J connectivity index is 1.73. The number of rotatable bonds is 3. The minimum atomic E-state index is -0.221. The van der Waals surface area contributed by atoms with Crippen LogP contribution in [0.2, 0.25) is 0 Å². The van der Waals surface area contributed by atoms with Gasteiger partial charge in [0.15, 0.2) is 0 Å². The third kappa shape index (κ3) is 3.30. The second kappa shape index (κ2) is 6.95. The number of aromatic nitrogens is 2. The lowest BCUT2D eigenvalue weighted by Gasteiger charge is -2.30. The first-order valence-corrected chi connectivity index (χ1v) is 9.04. The van der Waals surface area contributed by atoms with Gasteiger partial charge in [0.25, 0.3) is 5.56 Å². The Hall–Kier alpha value is -2.22. The second-order valence-electron chi connectivity index (χ2n) is 6.32. The average molecular weight is 363 g/mol. The molecule has 134 valence electrons. The van der Waals surface area contributed by atoms with Crippen LogP contribution in [0.4, 0.5) is 0 Å². The zero-order chi connectivity index (χ0) is 18.1. The molecule has 0 bridgehead atoms. The van der Waals surface area contributed by atoms with Crippen LogP contribution < -0.4 is 5.56 Å². The minimum absolute atomic E-state index is 0.0288. The van der Waals surface area contributed by atoms with Crippen molar-refractivity contribution in [3.05, 3.63) is 27.1 Å². The topological polar surface area (TPSA) is 81.5 Å². The summed E-state index contributed by atoms with van der Waals surface area (Å²) in [6.45, 7) is 4.83. The number of carbonyl (C=O) groups excluding carboxylic acids is 2. The molecule has 25 heavy (non-hydrogen) atoms. The normalized spacial score (nSPS) is 15.6. The number of aryl methyl sites for hydroxylation is 2. The van der Waals surface area contributed by atoms with Crippen molar-refractivity contribution in [1.29, 1.82) is 0 Å². The highest BCUT2D eigenvalue weighted by Crippen LogP contribution is 2.25. The van der Waals surface area contributed by atoms with Crippen LogP contribution in [0.1, 0.15) is 23.3 Å². The van der Waals surface area contributed by atoms with E-state index in [0.29, 0.717) is 36.1 Å². The van der Waals surface area contributed by atoms with Crippen LogP contribution in [0.15, 0.2) is 11.1 Å². The second-order valence-corrected chi connectivity index (χ2v) is 7.52. The van der Waals surface area contributed by atoms with Crippen LogP contribution in [-0.2, 0) is 20.9 Å². The minimum Gasteiger partial charge on any atom is -0.469 e. The Morgan fingerprint density at radius 1 is 1.32 bits per heavy atom. The summed E-state index contributed by atoms with van der Waals surface area (Å²) in [6.07, 6.45) is 2.63. The van der Waals surface area contributed by atoms with E-state index >= 15 is 0 Å². The van der Waals surface area contributed by atoms with Gasteiger partial charge in [0.2, 0.25) is 5.91 Å². The van der Waals surface area contributed by atoms with Gasteiger partial charge in [0.1, 0.15) is 11.4 Å². The summed E-state index contributed by atoms with van der Waals surface area (Å²) in [5.74, 6) is -0.497. The number of ether oxygens (including phenoxy) is 1. The summed E-state index contributed by atoms with van der Waals surface area (Å²) in [4.78, 5) is 44.5. The van der Waals surface area contributed by atoms with Gasteiger partial charge in [-0.25, -0.2) is 4.98 Å². The quantitative estimate of drug-likeness (QED) is 0.772. The molecule has 0 radical (unpaired) electrons. The molecule has 0 saturated carbocycles. The largest absolute Gasteiger partial charge is 0.469 e. The van der Waals surface area contributed by atoms with Gasteiger partial charge in [0.05, 0.1) is 24.7 Å². The fourth-order valence-electron chi connectivity index (χ4n) is 3.16. The average Bonchev–Trinajstić information content (AvgIpc) is 2.91. The summed E-state index contributed by atoms with van der Waals surface area (Å²) in [5.41, 5.74) is 0.753. The number of esters is 1. The molecule has 1 aliphatic rings. The summed E-state index contributed by atoms with van der Waals surface area (Å²) in [6, 6.07) is 0. The molecule has 2 aromatic rings. The van der Waals surface area contributed by atoms with E-state index in [0.717, 1.165) is 10.4 Å². The third-order valence-corrected chi connectivity index (χ3v) is 5.96. The van der Waals surface area contributed by atoms with Crippen LogP contribution in [0.25, 0.3) is 10.2 Å². The van der Waals surface area contributed by atoms with Gasteiger partial charge >= 0.3 is 5.97 Å². The number of amides is 1. The molecule has 0 unspecified atom stereocenters. The SMILES string of the molecule is COC(=O)C1CCN(C(=O)Cn2cnc3sc(C)c(C)c3c2=O)CC1. The number of fused-ring (bicyclic) bond motifs is 1. The van der Waals surface area contributed by atoms with E-state index in [4.69, 9.17) is 4.74 Å². The van der Waals surface area contributed by atoms with Crippen molar-refractivity contribution < 1.29 is 14.3 Å². The van der Waals surface area contributed by atoms with Crippen LogP contribution in [0.3, 0.4) is 0 Å². The van der Waals surface area contributed by atoms with Crippen molar-refractivity contribution in [1.82, 2.24) is 14.5 Å². The van der Waals surface area contributed by atoms with Crippen molar-refractivity contribution in [2.45, 2.75) is 33.2 Å². The fraction of sp³-hybridized carbons (Fsp3) is 0.529. The highest BCUT2D eigenvalue weighted by molar-refractivity contribution is 7.18. The first-order valence-electron chi connectivity index (χ1n) is 8.23. The number of hydrogen-bond donors (Lipinski definition) is 0. The molecule has 2 aromatic heterocycles. The van der Waals surface area contributed by atoms with Crippen molar-refractivity contribution in [3.8, 4) is 0 Å². The molecule has 0 aromatic carbocycles. The molecule has 3 rings (SSSR count). The number of piperidine rings is 1. The molecule has 1 aliphatic heterocycles. The first-order chi connectivity index (χ1) is 11.9. The van der Waals surface area contributed by atoms with Gasteiger partial charge in [-0.2, -0.15) is 0 Å². The molecule has 0 atom stereocenters. The summed E-state index contributed by atoms with van der Waals surface area (Å²) in [7, 11) is 1.38. The number of thiophene rings is 1. The van der Waals surface area contributed by atoms with E-state index in [9.17, 15) is 14.4 Å². The Morgan fingerprint density at radius 3 is 2.64 bits per heavy atom. The molecular formula is C17H21N3O4S. The zero-order valence-electron chi connectivity index (χ0n) is 14.6. The molecule has 0 aliphatic carbocycles. The number of carbonyl (C=O) groups is 2. The maximum absolute atomic E-state index is 12.7. The van der Waals surface area contributed by atoms with Crippen LogP contribution in [0, 0.1) is 19.8 Å². The lowest BCUT2D eigenvalue weighted by Crippen LogP contribution is -2.43. The first kappa shape index (κ1) is 17.6. The molecule has 1 saturated heterocycles. The predicted molar refractivity (Wildman–Crippen MR) is 94.7 cm³/mol. The molecule has 8 heteroatoms. The fourth-order valence-corrected chi connectivity index (χ4v) is 4.15. The predicted octanol–water partition coefficient (Wildman–Crippen LogP) is 1.49. The summed E-state index contributed by atoms with van der Waals surface area (Å²) < 4.78 is 6.13. The van der Waals surface area contributed by atoms with Crippen LogP contribution >= 0.6 is 11.3 Å². The third-order valence-electron chi connectivity index (χ3n) is 4.84. The Kier molecular flexibility index (Phi) is 4.89. The van der Waals surface area contributed by atoms with Crippen molar-refractivity contribution in [2.24, 2.45) is 5.92 Å². The van der Waals surface area contributed by atoms with Crippen LogP contribution in [-0.4, -0.2) is 46.5 Å². The molecule has 3 heterocycles. The number of nitrogens with zero attached hydrogens (tertiary/aromatic N) is 3. The van der Waals surface area contributed by atoms with Gasteiger partial charge in [-0.3, -0.25) is 19.0 Å². The van der Waals surface area contributed by atoms with E-state index < -0.39 is 0 Å². The van der Waals surface area contributed by atoms with Crippen molar-refractivity contribution in [3.63, 3.8) is 0 Å². The Morgan fingerprint density at radius 2 is 2.00 bits per heavy atom. The molecule has 7 nitrogen and oxygen atoms in total. The molecule has 0 spiro atoms. The molecular weight excluding hydrogens is 342 g/mol. The maximum Gasteiger partial charge on any atom is 0.308 e.